The van der Waals surface area contributed by atoms with E-state index in [0.29, 0.717) is 18.9 Å². The number of nitrogens with one attached hydrogen (secondary N) is 1. The molecule has 0 rings (SSSR count). The van der Waals surface area contributed by atoms with Crippen LogP contribution in [0.1, 0.15) is 46.5 Å². The van der Waals surface area contributed by atoms with Gasteiger partial charge in [-0.05, 0) is 18.8 Å². The summed E-state index contributed by atoms with van der Waals surface area (Å²) in [4.78, 5) is 22.5. The molecule has 3 amide bonds. The van der Waals surface area contributed by atoms with Gasteiger partial charge < -0.3 is 5.32 Å². The van der Waals surface area contributed by atoms with Gasteiger partial charge >= 0.3 is 6.03 Å². The molecule has 0 saturated carbocycles. The van der Waals surface area contributed by atoms with Crippen molar-refractivity contribution in [1.82, 2.24) is 10.4 Å². The third-order valence-electron chi connectivity index (χ3n) is 2.13. The Morgan fingerprint density at radius 3 is 2.50 bits per heavy atom. The highest BCUT2D eigenvalue weighted by Crippen LogP contribution is 2.07. The summed E-state index contributed by atoms with van der Waals surface area (Å²) in [5, 5.41) is 11.9. The molecule has 0 saturated heterocycles. The Morgan fingerprint density at radius 1 is 1.38 bits per heavy atom. The fraction of sp³-hybridized carbons (Fsp3) is 0.818. The van der Waals surface area contributed by atoms with E-state index in [2.05, 4.69) is 19.2 Å². The van der Waals surface area contributed by atoms with Crippen molar-refractivity contribution in [1.29, 1.82) is 0 Å². The highest BCUT2D eigenvalue weighted by atomic mass is 16.5. The highest BCUT2D eigenvalue weighted by molar-refractivity contribution is 5.92. The number of imide groups is 1. The molecule has 0 aromatic rings. The summed E-state index contributed by atoms with van der Waals surface area (Å²) < 4.78 is 0. The minimum Gasteiger partial charge on any atom is -0.336 e. The summed E-state index contributed by atoms with van der Waals surface area (Å²) in [5.41, 5.74) is 0. The first kappa shape index (κ1) is 14.9. The molecule has 0 atom stereocenters. The third kappa shape index (κ3) is 6.40. The molecule has 5 nitrogen and oxygen atoms in total. The van der Waals surface area contributed by atoms with E-state index in [-0.39, 0.29) is 11.5 Å². The summed E-state index contributed by atoms with van der Waals surface area (Å²) >= 11 is 0. The number of urea groups is 1. The van der Waals surface area contributed by atoms with E-state index >= 15 is 0 Å². The van der Waals surface area contributed by atoms with Crippen molar-refractivity contribution in [2.75, 3.05) is 6.54 Å². The molecule has 94 valence electrons. The van der Waals surface area contributed by atoms with Gasteiger partial charge in [-0.15, -0.1) is 5.06 Å². The van der Waals surface area contributed by atoms with Crippen LogP contribution in [0, 0.1) is 5.92 Å². The van der Waals surface area contributed by atoms with Gasteiger partial charge in [0.2, 0.25) is 0 Å². The lowest BCUT2D eigenvalue weighted by Crippen LogP contribution is -2.41. The maximum atomic E-state index is 11.3. The highest BCUT2D eigenvalue weighted by Gasteiger charge is 2.17. The monoisotopic (exact) mass is 230 g/mol. The number of hydroxylamine groups is 2. The van der Waals surface area contributed by atoms with E-state index in [0.717, 1.165) is 12.8 Å². The minimum absolute atomic E-state index is 0.177. The largest absolute Gasteiger partial charge is 0.348 e. The fourth-order valence-electron chi connectivity index (χ4n) is 1.19. The van der Waals surface area contributed by atoms with Crippen molar-refractivity contribution in [3.8, 4) is 0 Å². The second-order valence-corrected chi connectivity index (χ2v) is 4.22. The normalized spacial score (nSPS) is 10.3. The van der Waals surface area contributed by atoms with Crippen LogP contribution in [0.3, 0.4) is 0 Å². The summed E-state index contributed by atoms with van der Waals surface area (Å²) in [6, 6.07) is -0.739. The van der Waals surface area contributed by atoms with Gasteiger partial charge in [-0.3, -0.25) is 10.0 Å². The number of amides is 3. The molecule has 0 aliphatic carbocycles. The SMILES string of the molecule is CCCNC(=O)N(O)C(=O)CCCC(C)C. The molecule has 0 fully saturated rings. The minimum atomic E-state index is -0.739. The first-order valence-electron chi connectivity index (χ1n) is 5.78. The van der Waals surface area contributed by atoms with E-state index in [1.54, 1.807) is 0 Å². The molecule has 0 aromatic carbocycles. The van der Waals surface area contributed by atoms with Crippen LogP contribution in [0.4, 0.5) is 4.79 Å². The van der Waals surface area contributed by atoms with Crippen LogP contribution in [0.25, 0.3) is 0 Å². The molecule has 16 heavy (non-hydrogen) atoms. The van der Waals surface area contributed by atoms with E-state index in [1.807, 2.05) is 6.92 Å². The van der Waals surface area contributed by atoms with Gasteiger partial charge in [0.1, 0.15) is 0 Å². The Labute approximate surface area is 96.8 Å². The molecule has 5 heteroatoms. The van der Waals surface area contributed by atoms with Gasteiger partial charge in [0, 0.05) is 13.0 Å². The van der Waals surface area contributed by atoms with Crippen LogP contribution in [0.2, 0.25) is 0 Å². The van der Waals surface area contributed by atoms with Crippen LogP contribution >= 0.6 is 0 Å². The van der Waals surface area contributed by atoms with Gasteiger partial charge in [-0.25, -0.2) is 4.79 Å². The quantitative estimate of drug-likeness (QED) is 0.542. The Bertz CT molecular complexity index is 229. The number of nitrogens with zero attached hydrogens (tertiary/aromatic N) is 1. The Balaban J connectivity index is 3.84. The first-order chi connectivity index (χ1) is 7.49. The lowest BCUT2D eigenvalue weighted by molar-refractivity contribution is -0.152. The van der Waals surface area contributed by atoms with Crippen LogP contribution in [-0.2, 0) is 4.79 Å². The molecule has 0 heterocycles. The van der Waals surface area contributed by atoms with Gasteiger partial charge in [0.25, 0.3) is 5.91 Å². The van der Waals surface area contributed by atoms with Crippen molar-refractivity contribution in [3.63, 3.8) is 0 Å². The van der Waals surface area contributed by atoms with Gasteiger partial charge in [0.15, 0.2) is 0 Å². The lowest BCUT2D eigenvalue weighted by atomic mass is 10.1. The molecule has 2 N–H and O–H groups in total. The number of rotatable bonds is 6. The predicted molar refractivity (Wildman–Crippen MR) is 61.0 cm³/mol. The van der Waals surface area contributed by atoms with Crippen LogP contribution in [0.15, 0.2) is 0 Å². The second kappa shape index (κ2) is 8.10. The van der Waals surface area contributed by atoms with Gasteiger partial charge in [-0.2, -0.15) is 0 Å². The van der Waals surface area contributed by atoms with Crippen molar-refractivity contribution in [2.45, 2.75) is 46.5 Å². The molecule has 0 unspecified atom stereocenters. The second-order valence-electron chi connectivity index (χ2n) is 4.22. The zero-order chi connectivity index (χ0) is 12.6. The number of carbonyl (C=O) groups is 2. The summed E-state index contributed by atoms with van der Waals surface area (Å²) in [6.45, 7) is 6.48. The third-order valence-corrected chi connectivity index (χ3v) is 2.13. The van der Waals surface area contributed by atoms with Gasteiger partial charge in [0.05, 0.1) is 0 Å². The number of hydrogen-bond acceptors (Lipinski definition) is 3. The summed E-state index contributed by atoms with van der Waals surface area (Å²) in [6.07, 6.45) is 2.57. The Hall–Kier alpha value is -1.10. The van der Waals surface area contributed by atoms with E-state index < -0.39 is 11.9 Å². The van der Waals surface area contributed by atoms with Crippen LogP contribution < -0.4 is 5.32 Å². The molecule has 0 radical (unpaired) electrons. The Morgan fingerprint density at radius 2 is 2.00 bits per heavy atom. The van der Waals surface area contributed by atoms with Crippen molar-refractivity contribution < 1.29 is 14.8 Å². The Kier molecular flexibility index (Phi) is 7.54. The average Bonchev–Trinajstić information content (AvgIpc) is 2.24. The molecule has 0 aromatic heterocycles. The van der Waals surface area contributed by atoms with Gasteiger partial charge in [-0.1, -0.05) is 27.2 Å². The van der Waals surface area contributed by atoms with E-state index in [4.69, 9.17) is 0 Å². The van der Waals surface area contributed by atoms with E-state index in [1.165, 1.54) is 0 Å². The average molecular weight is 230 g/mol. The topological polar surface area (TPSA) is 69.6 Å². The smallest absolute Gasteiger partial charge is 0.336 e. The molecule has 0 aliphatic rings. The molecule has 0 spiro atoms. The van der Waals surface area contributed by atoms with Crippen molar-refractivity contribution in [2.24, 2.45) is 5.92 Å². The van der Waals surface area contributed by atoms with Crippen molar-refractivity contribution in [3.05, 3.63) is 0 Å². The lowest BCUT2D eigenvalue weighted by Gasteiger charge is -2.13. The maximum Gasteiger partial charge on any atom is 0.348 e. The van der Waals surface area contributed by atoms with E-state index in [9.17, 15) is 14.8 Å². The zero-order valence-electron chi connectivity index (χ0n) is 10.3. The van der Waals surface area contributed by atoms with Crippen LogP contribution in [0.5, 0.6) is 0 Å². The number of carbonyl (C=O) groups excluding carboxylic acids is 2. The zero-order valence-corrected chi connectivity index (χ0v) is 10.3. The molecular weight excluding hydrogens is 208 g/mol. The summed E-state index contributed by atoms with van der Waals surface area (Å²) in [5.74, 6) is -0.0249. The molecule has 0 bridgehead atoms. The maximum absolute atomic E-state index is 11.3. The molecule has 0 aliphatic heterocycles. The summed E-state index contributed by atoms with van der Waals surface area (Å²) in [7, 11) is 0. The first-order valence-corrected chi connectivity index (χ1v) is 5.78. The number of hydrogen-bond donors (Lipinski definition) is 2. The van der Waals surface area contributed by atoms with Crippen molar-refractivity contribution >= 4 is 11.9 Å². The molecular formula is C11H22N2O3. The predicted octanol–water partition coefficient (Wildman–Crippen LogP) is 2.15. The van der Waals surface area contributed by atoms with Crippen LogP contribution in [-0.4, -0.2) is 28.8 Å². The standard InChI is InChI=1S/C11H22N2O3/c1-4-8-12-11(15)13(16)10(14)7-5-6-9(2)3/h9,16H,4-8H2,1-3H3,(H,12,15). The fourth-order valence-corrected chi connectivity index (χ4v) is 1.19.